The minimum Gasteiger partial charge on any atom is -0.364 e. The van der Waals surface area contributed by atoms with E-state index >= 15 is 0 Å². The van der Waals surface area contributed by atoms with Gasteiger partial charge in [-0.15, -0.1) is 5.10 Å². The fourth-order valence-electron chi connectivity index (χ4n) is 2.62. The van der Waals surface area contributed by atoms with E-state index < -0.39 is 5.91 Å². The molecule has 0 aliphatic heterocycles. The summed E-state index contributed by atoms with van der Waals surface area (Å²) < 4.78 is 3.00. The van der Waals surface area contributed by atoms with Gasteiger partial charge in [-0.3, -0.25) is 4.79 Å². The standard InChI is InChI=1S/C18H13Cl2N7O/c19-11-4-3-5-12(20)17(11)27-10-13(16(25-27)18(21)28)23-14-7-9-26(24-14)15-6-1-2-8-22-15/h1-10H,(H2,21,28)(H,23,24). The molecule has 8 nitrogen and oxygen atoms in total. The Hall–Kier alpha value is -3.36. The predicted molar refractivity (Wildman–Crippen MR) is 107 cm³/mol. The SMILES string of the molecule is NC(=O)c1nn(-c2c(Cl)cccc2Cl)cc1Nc1ccn(-c2ccccn2)n1. The van der Waals surface area contributed by atoms with Gasteiger partial charge in [0.15, 0.2) is 17.3 Å². The number of aromatic nitrogens is 5. The fraction of sp³-hybridized carbons (Fsp3) is 0. The molecule has 1 amide bonds. The molecule has 0 spiro atoms. The maximum Gasteiger partial charge on any atom is 0.271 e. The number of hydrogen-bond acceptors (Lipinski definition) is 5. The highest BCUT2D eigenvalue weighted by Gasteiger charge is 2.18. The largest absolute Gasteiger partial charge is 0.364 e. The number of anilines is 2. The maximum absolute atomic E-state index is 11.9. The molecule has 0 aliphatic carbocycles. The van der Waals surface area contributed by atoms with E-state index in [1.807, 2.05) is 18.2 Å². The van der Waals surface area contributed by atoms with Gasteiger partial charge in [-0.25, -0.2) is 14.3 Å². The molecule has 4 aromatic rings. The molecule has 3 N–H and O–H groups in total. The van der Waals surface area contributed by atoms with Gasteiger partial charge >= 0.3 is 0 Å². The summed E-state index contributed by atoms with van der Waals surface area (Å²) in [6.07, 6.45) is 4.99. The molecule has 140 valence electrons. The van der Waals surface area contributed by atoms with E-state index in [1.54, 1.807) is 47.5 Å². The Bertz CT molecular complexity index is 1130. The summed E-state index contributed by atoms with van der Waals surface area (Å²) in [6.45, 7) is 0. The molecular formula is C18H13Cl2N7O. The van der Waals surface area contributed by atoms with E-state index in [9.17, 15) is 4.79 Å². The predicted octanol–water partition coefficient (Wildman–Crippen LogP) is 3.60. The number of benzene rings is 1. The van der Waals surface area contributed by atoms with E-state index in [2.05, 4.69) is 20.5 Å². The summed E-state index contributed by atoms with van der Waals surface area (Å²) in [6, 6.07) is 12.3. The lowest BCUT2D eigenvalue weighted by Gasteiger charge is -2.06. The minimum absolute atomic E-state index is 0.0309. The average molecular weight is 414 g/mol. The molecule has 0 saturated heterocycles. The van der Waals surface area contributed by atoms with Crippen molar-refractivity contribution in [2.24, 2.45) is 5.73 Å². The van der Waals surface area contributed by atoms with Crippen molar-refractivity contribution in [3.8, 4) is 11.5 Å². The first-order valence-electron chi connectivity index (χ1n) is 8.11. The monoisotopic (exact) mass is 413 g/mol. The van der Waals surface area contributed by atoms with Crippen LogP contribution in [0.2, 0.25) is 10.0 Å². The third-order valence-electron chi connectivity index (χ3n) is 3.85. The second kappa shape index (κ2) is 7.34. The second-order valence-electron chi connectivity index (χ2n) is 5.73. The van der Waals surface area contributed by atoms with Crippen molar-refractivity contribution in [2.75, 3.05) is 5.32 Å². The number of amides is 1. The number of carbonyl (C=O) groups excluding carboxylic acids is 1. The summed E-state index contributed by atoms with van der Waals surface area (Å²) in [5, 5.41) is 12.4. The Labute approximate surface area is 169 Å². The van der Waals surface area contributed by atoms with Gasteiger partial charge in [0, 0.05) is 18.5 Å². The summed E-state index contributed by atoms with van der Waals surface area (Å²) in [5.41, 5.74) is 6.32. The third-order valence-corrected chi connectivity index (χ3v) is 4.46. The van der Waals surface area contributed by atoms with Crippen LogP contribution in [0.5, 0.6) is 0 Å². The quantitative estimate of drug-likeness (QED) is 0.519. The average Bonchev–Trinajstić information content (AvgIpc) is 3.30. The van der Waals surface area contributed by atoms with Crippen LogP contribution in [0.15, 0.2) is 61.1 Å². The van der Waals surface area contributed by atoms with Crippen molar-refractivity contribution in [1.29, 1.82) is 0 Å². The molecule has 0 atom stereocenters. The molecule has 1 aromatic carbocycles. The number of nitrogens with two attached hydrogens (primary N) is 1. The van der Waals surface area contributed by atoms with E-state index in [0.29, 0.717) is 33.1 Å². The number of rotatable bonds is 5. The van der Waals surface area contributed by atoms with Gasteiger partial charge in [0.25, 0.3) is 5.91 Å². The molecule has 0 radical (unpaired) electrons. The molecule has 3 aromatic heterocycles. The smallest absolute Gasteiger partial charge is 0.271 e. The van der Waals surface area contributed by atoms with Crippen LogP contribution in [0, 0.1) is 0 Å². The van der Waals surface area contributed by atoms with Crippen LogP contribution < -0.4 is 11.1 Å². The van der Waals surface area contributed by atoms with Gasteiger partial charge in [0.1, 0.15) is 5.69 Å². The van der Waals surface area contributed by atoms with Crippen LogP contribution in [0.1, 0.15) is 10.5 Å². The van der Waals surface area contributed by atoms with Crippen LogP contribution in [0.25, 0.3) is 11.5 Å². The zero-order valence-electron chi connectivity index (χ0n) is 14.3. The van der Waals surface area contributed by atoms with Gasteiger partial charge in [-0.2, -0.15) is 5.10 Å². The first kappa shape index (κ1) is 18.0. The summed E-state index contributed by atoms with van der Waals surface area (Å²) in [4.78, 5) is 16.1. The number of primary amides is 1. The van der Waals surface area contributed by atoms with Crippen LogP contribution in [-0.2, 0) is 0 Å². The molecule has 0 saturated carbocycles. The molecule has 0 fully saturated rings. The number of nitrogens with zero attached hydrogens (tertiary/aromatic N) is 5. The first-order valence-corrected chi connectivity index (χ1v) is 8.86. The highest BCUT2D eigenvalue weighted by atomic mass is 35.5. The fourth-order valence-corrected chi connectivity index (χ4v) is 3.19. The summed E-state index contributed by atoms with van der Waals surface area (Å²) >= 11 is 12.5. The van der Waals surface area contributed by atoms with Crippen LogP contribution in [0.4, 0.5) is 11.5 Å². The van der Waals surface area contributed by atoms with Crippen molar-refractivity contribution >= 4 is 40.6 Å². The zero-order valence-corrected chi connectivity index (χ0v) is 15.8. The number of carbonyl (C=O) groups is 1. The zero-order chi connectivity index (χ0) is 19.7. The van der Waals surface area contributed by atoms with E-state index in [0.717, 1.165) is 0 Å². The Morgan fingerprint density at radius 3 is 2.46 bits per heavy atom. The number of pyridine rings is 1. The van der Waals surface area contributed by atoms with Crippen molar-refractivity contribution in [3.63, 3.8) is 0 Å². The maximum atomic E-state index is 11.9. The van der Waals surface area contributed by atoms with Crippen LogP contribution in [-0.4, -0.2) is 30.5 Å². The van der Waals surface area contributed by atoms with Crippen molar-refractivity contribution in [1.82, 2.24) is 24.5 Å². The Balaban J connectivity index is 1.70. The van der Waals surface area contributed by atoms with Gasteiger partial charge in [-0.1, -0.05) is 35.3 Å². The highest BCUT2D eigenvalue weighted by Crippen LogP contribution is 2.30. The lowest BCUT2D eigenvalue weighted by Crippen LogP contribution is -2.14. The second-order valence-corrected chi connectivity index (χ2v) is 6.54. The highest BCUT2D eigenvalue weighted by molar-refractivity contribution is 6.37. The van der Waals surface area contributed by atoms with Crippen LogP contribution >= 0.6 is 23.2 Å². The topological polar surface area (TPSA) is 104 Å². The van der Waals surface area contributed by atoms with E-state index in [4.69, 9.17) is 28.9 Å². The molecule has 0 unspecified atom stereocenters. The van der Waals surface area contributed by atoms with Crippen molar-refractivity contribution < 1.29 is 4.79 Å². The van der Waals surface area contributed by atoms with E-state index in [1.165, 1.54) is 4.68 Å². The van der Waals surface area contributed by atoms with Crippen molar-refractivity contribution in [2.45, 2.75) is 0 Å². The third kappa shape index (κ3) is 3.42. The summed E-state index contributed by atoms with van der Waals surface area (Å²) in [5.74, 6) is 0.441. The number of para-hydroxylation sites is 1. The molecule has 4 rings (SSSR count). The van der Waals surface area contributed by atoms with Gasteiger partial charge in [-0.05, 0) is 24.3 Å². The number of halogens is 2. The molecule has 0 aliphatic rings. The minimum atomic E-state index is -0.700. The number of hydrogen-bond donors (Lipinski definition) is 2. The van der Waals surface area contributed by atoms with Gasteiger partial charge < -0.3 is 11.1 Å². The normalized spacial score (nSPS) is 10.8. The van der Waals surface area contributed by atoms with E-state index in [-0.39, 0.29) is 5.69 Å². The lowest BCUT2D eigenvalue weighted by atomic mass is 10.3. The molecular weight excluding hydrogens is 401 g/mol. The Morgan fingerprint density at radius 1 is 1.00 bits per heavy atom. The molecule has 3 heterocycles. The van der Waals surface area contributed by atoms with Crippen LogP contribution in [0.3, 0.4) is 0 Å². The molecule has 28 heavy (non-hydrogen) atoms. The Morgan fingerprint density at radius 2 is 1.79 bits per heavy atom. The van der Waals surface area contributed by atoms with Crippen molar-refractivity contribution in [3.05, 3.63) is 76.8 Å². The van der Waals surface area contributed by atoms with Gasteiger partial charge in [0.2, 0.25) is 0 Å². The summed E-state index contributed by atoms with van der Waals surface area (Å²) in [7, 11) is 0. The Kier molecular flexibility index (Phi) is 4.72. The molecule has 10 heteroatoms. The molecule has 0 bridgehead atoms. The lowest BCUT2D eigenvalue weighted by molar-refractivity contribution is 0.0996. The first-order chi connectivity index (χ1) is 13.5. The number of nitrogens with one attached hydrogen (secondary N) is 1. The van der Waals surface area contributed by atoms with Gasteiger partial charge in [0.05, 0.1) is 21.9 Å².